The molecule has 0 aromatic rings. The zero-order chi connectivity index (χ0) is 20.4. The third-order valence-corrected chi connectivity index (χ3v) is 4.90. The Morgan fingerprint density at radius 3 is 2.52 bits per heavy atom. The largest absolute Gasteiger partial charge is 0.336 e. The van der Waals surface area contributed by atoms with Crippen LogP contribution in [0.4, 0.5) is 4.79 Å². The van der Waals surface area contributed by atoms with Crippen molar-refractivity contribution >= 4 is 17.7 Å². The van der Waals surface area contributed by atoms with Crippen molar-refractivity contribution in [1.82, 2.24) is 20.4 Å². The van der Waals surface area contributed by atoms with Gasteiger partial charge in [-0.2, -0.15) is 0 Å². The molecule has 2 atom stereocenters. The summed E-state index contributed by atoms with van der Waals surface area (Å²) in [4.78, 5) is 41.0. The molecule has 7 nitrogen and oxygen atoms in total. The molecule has 0 aliphatic heterocycles. The molecule has 156 valence electrons. The lowest BCUT2D eigenvalue weighted by Crippen LogP contribution is -2.50. The van der Waals surface area contributed by atoms with Gasteiger partial charge in [-0.25, -0.2) is 4.79 Å². The van der Waals surface area contributed by atoms with Crippen LogP contribution in [0.25, 0.3) is 0 Å². The molecule has 27 heavy (non-hydrogen) atoms. The number of rotatable bonds is 10. The minimum Gasteiger partial charge on any atom is -0.336 e. The molecule has 0 radical (unpaired) electrons. The molecule has 1 fully saturated rings. The highest BCUT2D eigenvalue weighted by atomic mass is 16.2. The minimum absolute atomic E-state index is 0.140. The van der Waals surface area contributed by atoms with E-state index in [1.807, 2.05) is 39.9 Å². The average molecular weight is 383 g/mol. The molecule has 0 heterocycles. The van der Waals surface area contributed by atoms with Gasteiger partial charge in [0.2, 0.25) is 5.91 Å². The normalized spacial score (nSPS) is 18.6. The lowest BCUT2D eigenvalue weighted by Gasteiger charge is -2.30. The van der Waals surface area contributed by atoms with Gasteiger partial charge in [0.05, 0.1) is 5.92 Å². The van der Waals surface area contributed by atoms with E-state index in [-0.39, 0.29) is 29.7 Å². The number of likely N-dealkylation sites (N-methyl/N-ethyl adjacent to an activating group) is 1. The molecule has 0 bridgehead atoms. The van der Waals surface area contributed by atoms with Crippen LogP contribution in [0.5, 0.6) is 0 Å². The predicted molar refractivity (Wildman–Crippen MR) is 108 cm³/mol. The highest BCUT2D eigenvalue weighted by Crippen LogP contribution is 2.28. The average Bonchev–Trinajstić information content (AvgIpc) is 2.58. The van der Waals surface area contributed by atoms with Gasteiger partial charge in [0, 0.05) is 39.0 Å². The topological polar surface area (TPSA) is 81.8 Å². The van der Waals surface area contributed by atoms with Crippen molar-refractivity contribution in [3.05, 3.63) is 0 Å². The van der Waals surface area contributed by atoms with Gasteiger partial charge in [-0.3, -0.25) is 14.5 Å². The molecule has 1 aliphatic carbocycles. The number of carbonyl (C=O) groups excluding carboxylic acids is 3. The van der Waals surface area contributed by atoms with Crippen LogP contribution in [0.1, 0.15) is 46.0 Å². The van der Waals surface area contributed by atoms with Crippen molar-refractivity contribution in [2.24, 2.45) is 17.8 Å². The lowest BCUT2D eigenvalue weighted by molar-refractivity contribution is -0.134. The molecule has 0 aromatic heterocycles. The molecule has 3 amide bonds. The molecule has 7 heteroatoms. The Balaban J connectivity index is 2.80. The van der Waals surface area contributed by atoms with Crippen molar-refractivity contribution in [1.29, 1.82) is 0 Å². The standard InChI is InChI=1S/C20H38N4O3/c1-15(2)14-24(20(27)22-9-10-23(4)5)19(26)17(13-21-3)11-16-7-6-8-18(25)12-16/h15-17,21H,6-14H2,1-5H3,(H,22,27)/t16-,17-/m1/s1. The van der Waals surface area contributed by atoms with Crippen molar-refractivity contribution in [2.75, 3.05) is 47.3 Å². The van der Waals surface area contributed by atoms with Gasteiger partial charge in [0.1, 0.15) is 5.78 Å². The smallest absolute Gasteiger partial charge is 0.324 e. The van der Waals surface area contributed by atoms with Crippen LogP contribution in [0.2, 0.25) is 0 Å². The molecule has 0 saturated heterocycles. The molecule has 0 unspecified atom stereocenters. The van der Waals surface area contributed by atoms with E-state index in [0.717, 1.165) is 19.4 Å². The van der Waals surface area contributed by atoms with E-state index in [9.17, 15) is 14.4 Å². The van der Waals surface area contributed by atoms with Crippen LogP contribution >= 0.6 is 0 Å². The van der Waals surface area contributed by atoms with Crippen LogP contribution in [-0.4, -0.2) is 74.8 Å². The number of ketones is 1. The van der Waals surface area contributed by atoms with E-state index in [1.54, 1.807) is 0 Å². The van der Waals surface area contributed by atoms with E-state index in [4.69, 9.17) is 0 Å². The molecule has 1 aliphatic rings. The second kappa shape index (κ2) is 12.1. The van der Waals surface area contributed by atoms with Gasteiger partial charge in [0.25, 0.3) is 0 Å². The fourth-order valence-electron chi connectivity index (χ4n) is 3.58. The maximum absolute atomic E-state index is 13.2. The number of amides is 3. The first-order valence-corrected chi connectivity index (χ1v) is 10.1. The summed E-state index contributed by atoms with van der Waals surface area (Å²) in [7, 11) is 5.70. The SMILES string of the molecule is CNC[C@@H](C[C@H]1CCCC(=O)C1)C(=O)N(CC(C)C)C(=O)NCCN(C)C. The van der Waals surface area contributed by atoms with Crippen LogP contribution in [0.3, 0.4) is 0 Å². The quantitative estimate of drug-likeness (QED) is 0.601. The molecule has 2 N–H and O–H groups in total. The fraction of sp³-hybridized carbons (Fsp3) is 0.850. The van der Waals surface area contributed by atoms with Gasteiger partial charge in [0.15, 0.2) is 0 Å². The van der Waals surface area contributed by atoms with E-state index < -0.39 is 0 Å². The van der Waals surface area contributed by atoms with Gasteiger partial charge in [-0.1, -0.05) is 13.8 Å². The number of hydrogen-bond donors (Lipinski definition) is 2. The van der Waals surface area contributed by atoms with Crippen LogP contribution in [0, 0.1) is 17.8 Å². The second-order valence-corrected chi connectivity index (χ2v) is 8.37. The van der Waals surface area contributed by atoms with Gasteiger partial charge < -0.3 is 15.5 Å². The first-order valence-electron chi connectivity index (χ1n) is 10.1. The summed E-state index contributed by atoms with van der Waals surface area (Å²) < 4.78 is 0. The first kappa shape index (κ1) is 23.6. The molecular weight excluding hydrogens is 344 g/mol. The molecule has 0 aromatic carbocycles. The van der Waals surface area contributed by atoms with E-state index in [0.29, 0.717) is 44.7 Å². The molecular formula is C20H38N4O3. The van der Waals surface area contributed by atoms with Gasteiger partial charge in [-0.15, -0.1) is 0 Å². The minimum atomic E-state index is -0.323. The Hall–Kier alpha value is -1.47. The van der Waals surface area contributed by atoms with E-state index in [2.05, 4.69) is 10.6 Å². The first-order chi connectivity index (χ1) is 12.7. The Labute approximate surface area is 164 Å². The molecule has 1 rings (SSSR count). The number of Topliss-reactive ketones (excluding diaryl/α,β-unsaturated/α-hetero) is 1. The monoisotopic (exact) mass is 382 g/mol. The summed E-state index contributed by atoms with van der Waals surface area (Å²) >= 11 is 0. The maximum atomic E-state index is 13.2. The van der Waals surface area contributed by atoms with Crippen LogP contribution in [0.15, 0.2) is 0 Å². The Morgan fingerprint density at radius 1 is 1.26 bits per heavy atom. The summed E-state index contributed by atoms with van der Waals surface area (Å²) in [5.41, 5.74) is 0. The predicted octanol–water partition coefficient (Wildman–Crippen LogP) is 1.73. The highest BCUT2D eigenvalue weighted by Gasteiger charge is 2.32. The number of nitrogens with one attached hydrogen (secondary N) is 2. The Bertz CT molecular complexity index is 494. The van der Waals surface area contributed by atoms with E-state index >= 15 is 0 Å². The molecule has 0 spiro atoms. The maximum Gasteiger partial charge on any atom is 0.324 e. The van der Waals surface area contributed by atoms with Crippen molar-refractivity contribution in [3.63, 3.8) is 0 Å². The van der Waals surface area contributed by atoms with Gasteiger partial charge in [-0.05, 0) is 52.2 Å². The van der Waals surface area contributed by atoms with Crippen LogP contribution < -0.4 is 10.6 Å². The Morgan fingerprint density at radius 2 is 1.96 bits per heavy atom. The highest BCUT2D eigenvalue weighted by molar-refractivity contribution is 5.95. The zero-order valence-corrected chi connectivity index (χ0v) is 17.7. The lowest BCUT2D eigenvalue weighted by atomic mass is 9.81. The number of imide groups is 1. The third kappa shape index (κ3) is 8.84. The molecule has 1 saturated carbocycles. The summed E-state index contributed by atoms with van der Waals surface area (Å²) in [6.45, 7) is 6.14. The third-order valence-electron chi connectivity index (χ3n) is 4.90. The second-order valence-electron chi connectivity index (χ2n) is 8.37. The van der Waals surface area contributed by atoms with Crippen LogP contribution in [-0.2, 0) is 9.59 Å². The van der Waals surface area contributed by atoms with Crippen molar-refractivity contribution < 1.29 is 14.4 Å². The fourth-order valence-corrected chi connectivity index (χ4v) is 3.58. The summed E-state index contributed by atoms with van der Waals surface area (Å²) in [6.07, 6.45) is 3.77. The summed E-state index contributed by atoms with van der Waals surface area (Å²) in [5, 5.41) is 5.94. The Kier molecular flexibility index (Phi) is 10.5. The van der Waals surface area contributed by atoms with Gasteiger partial charge >= 0.3 is 6.03 Å². The van der Waals surface area contributed by atoms with E-state index in [1.165, 1.54) is 4.90 Å². The number of hydrogen-bond acceptors (Lipinski definition) is 5. The summed E-state index contributed by atoms with van der Waals surface area (Å²) in [6, 6.07) is -0.323. The number of nitrogens with zero attached hydrogens (tertiary/aromatic N) is 2. The zero-order valence-electron chi connectivity index (χ0n) is 17.7. The van der Waals surface area contributed by atoms with Crippen molar-refractivity contribution in [2.45, 2.75) is 46.0 Å². The summed E-state index contributed by atoms with van der Waals surface area (Å²) in [5.74, 6) is 0.302. The van der Waals surface area contributed by atoms with Crippen molar-refractivity contribution in [3.8, 4) is 0 Å². The number of carbonyl (C=O) groups is 3. The number of urea groups is 1.